The van der Waals surface area contributed by atoms with Gasteiger partial charge in [-0.1, -0.05) is 12.1 Å². The zero-order valence-electron chi connectivity index (χ0n) is 8.09. The summed E-state index contributed by atoms with van der Waals surface area (Å²) in [5.74, 6) is -0.469. The summed E-state index contributed by atoms with van der Waals surface area (Å²) in [5.41, 5.74) is 6.48. The molecule has 5 heteroatoms. The van der Waals surface area contributed by atoms with E-state index < -0.39 is 11.9 Å². The van der Waals surface area contributed by atoms with E-state index in [0.29, 0.717) is 11.1 Å². The molecule has 80 valence electrons. The lowest BCUT2D eigenvalue weighted by molar-refractivity contribution is 0.160. The Labute approximate surface area is 85.7 Å². The molecule has 0 aliphatic rings. The van der Waals surface area contributed by atoms with Crippen LogP contribution in [0.2, 0.25) is 0 Å². The van der Waals surface area contributed by atoms with Crippen LogP contribution in [0.4, 0.5) is 0 Å². The molecule has 1 heterocycles. The molecule has 0 aliphatic carbocycles. The molecule has 2 rings (SSSR count). The molecule has 1 aromatic carbocycles. The van der Waals surface area contributed by atoms with Crippen LogP contribution in [0.1, 0.15) is 0 Å². The van der Waals surface area contributed by atoms with E-state index >= 15 is 0 Å². The molecular weight excluding hydrogens is 196 g/mol. The molecule has 3 N–H and O–H groups in total. The Balaban J connectivity index is 2.50. The molecule has 0 aliphatic heterocycles. The molecular formula is C10H12N2O3. The third-order valence-corrected chi connectivity index (χ3v) is 2.24. The normalized spacial score (nSPS) is 13.2. The molecule has 2 aromatic rings. The molecule has 0 fully saturated rings. The van der Waals surface area contributed by atoms with Gasteiger partial charge in [0.15, 0.2) is 5.58 Å². The van der Waals surface area contributed by atoms with E-state index in [1.54, 1.807) is 18.2 Å². The number of benzene rings is 1. The molecule has 1 aromatic heterocycles. The van der Waals surface area contributed by atoms with Crippen molar-refractivity contribution in [2.24, 2.45) is 5.73 Å². The van der Waals surface area contributed by atoms with Crippen molar-refractivity contribution >= 4 is 11.1 Å². The van der Waals surface area contributed by atoms with Gasteiger partial charge in [-0.15, -0.1) is 0 Å². The number of aromatic nitrogens is 1. The molecule has 0 saturated carbocycles. The number of rotatable bonds is 3. The average Bonchev–Trinajstić information content (AvgIpc) is 2.55. The zero-order valence-corrected chi connectivity index (χ0v) is 8.09. The highest BCUT2D eigenvalue weighted by atomic mass is 16.4. The van der Waals surface area contributed by atoms with Crippen LogP contribution in [0.3, 0.4) is 0 Å². The fourth-order valence-electron chi connectivity index (χ4n) is 1.47. The maximum absolute atomic E-state index is 11.4. The first-order chi connectivity index (χ1) is 7.22. The number of nitrogens with zero attached hydrogens (tertiary/aromatic N) is 1. The fraction of sp³-hybridized carbons (Fsp3) is 0.300. The fourth-order valence-corrected chi connectivity index (χ4v) is 1.47. The first kappa shape index (κ1) is 9.95. The van der Waals surface area contributed by atoms with Gasteiger partial charge in [0, 0.05) is 6.54 Å². The molecule has 1 atom stereocenters. The van der Waals surface area contributed by atoms with Gasteiger partial charge in [0.1, 0.15) is 0 Å². The topological polar surface area (TPSA) is 81.4 Å². The van der Waals surface area contributed by atoms with Crippen molar-refractivity contribution in [3.8, 4) is 0 Å². The van der Waals surface area contributed by atoms with E-state index in [2.05, 4.69) is 0 Å². The zero-order chi connectivity index (χ0) is 10.8. The largest absolute Gasteiger partial charge is 0.420 e. The summed E-state index contributed by atoms with van der Waals surface area (Å²) in [4.78, 5) is 11.4. The third kappa shape index (κ3) is 1.79. The van der Waals surface area contributed by atoms with E-state index in [0.717, 1.165) is 0 Å². The maximum Gasteiger partial charge on any atom is 0.420 e. The average molecular weight is 208 g/mol. The third-order valence-electron chi connectivity index (χ3n) is 2.24. The predicted molar refractivity (Wildman–Crippen MR) is 55.5 cm³/mol. The Kier molecular flexibility index (Phi) is 2.57. The number of aliphatic hydroxyl groups is 1. The van der Waals surface area contributed by atoms with Gasteiger partial charge in [0.2, 0.25) is 0 Å². The summed E-state index contributed by atoms with van der Waals surface area (Å²) in [6, 6.07) is 7.07. The van der Waals surface area contributed by atoms with Gasteiger partial charge in [-0.25, -0.2) is 4.79 Å². The lowest BCUT2D eigenvalue weighted by atomic mass is 10.3. The van der Waals surface area contributed by atoms with Gasteiger partial charge in [0.05, 0.1) is 18.2 Å². The first-order valence-corrected chi connectivity index (χ1v) is 4.69. The lowest BCUT2D eigenvalue weighted by Crippen LogP contribution is -2.29. The molecule has 15 heavy (non-hydrogen) atoms. The van der Waals surface area contributed by atoms with E-state index in [4.69, 9.17) is 10.2 Å². The first-order valence-electron chi connectivity index (χ1n) is 4.69. The smallest absolute Gasteiger partial charge is 0.408 e. The molecule has 0 amide bonds. The predicted octanol–water partition coefficient (Wildman–Crippen LogP) is -0.0859. The number of para-hydroxylation sites is 2. The van der Waals surface area contributed by atoms with Crippen molar-refractivity contribution in [2.75, 3.05) is 6.54 Å². The van der Waals surface area contributed by atoms with Crippen molar-refractivity contribution in [3.63, 3.8) is 0 Å². The van der Waals surface area contributed by atoms with Crippen molar-refractivity contribution in [2.45, 2.75) is 12.6 Å². The number of oxazole rings is 1. The van der Waals surface area contributed by atoms with Crippen LogP contribution in [0, 0.1) is 0 Å². The van der Waals surface area contributed by atoms with Crippen molar-refractivity contribution in [3.05, 3.63) is 34.8 Å². The number of hydrogen-bond acceptors (Lipinski definition) is 4. The second kappa shape index (κ2) is 3.88. The lowest BCUT2D eigenvalue weighted by Gasteiger charge is -2.07. The SMILES string of the molecule is NCC(O)Cn1c(=O)oc2ccccc21. The second-order valence-corrected chi connectivity index (χ2v) is 3.34. The van der Waals surface area contributed by atoms with Crippen molar-refractivity contribution < 1.29 is 9.52 Å². The Morgan fingerprint density at radius 2 is 2.20 bits per heavy atom. The number of nitrogens with two attached hydrogens (primary N) is 1. The van der Waals surface area contributed by atoms with Crippen molar-refractivity contribution in [1.29, 1.82) is 0 Å². The Morgan fingerprint density at radius 3 is 2.93 bits per heavy atom. The summed E-state index contributed by atoms with van der Waals surface area (Å²) in [5, 5.41) is 9.39. The van der Waals surface area contributed by atoms with Gasteiger partial charge in [-0.05, 0) is 12.1 Å². The summed E-state index contributed by atoms with van der Waals surface area (Å²) < 4.78 is 6.38. The van der Waals surface area contributed by atoms with Gasteiger partial charge in [-0.3, -0.25) is 4.57 Å². The summed E-state index contributed by atoms with van der Waals surface area (Å²) in [6.07, 6.45) is -0.733. The van der Waals surface area contributed by atoms with Gasteiger partial charge in [0.25, 0.3) is 0 Å². The van der Waals surface area contributed by atoms with Gasteiger partial charge < -0.3 is 15.3 Å². The quantitative estimate of drug-likeness (QED) is 0.738. The molecule has 1 unspecified atom stereocenters. The maximum atomic E-state index is 11.4. The summed E-state index contributed by atoms with van der Waals surface area (Å²) in [7, 11) is 0. The van der Waals surface area contributed by atoms with E-state index in [9.17, 15) is 9.90 Å². The second-order valence-electron chi connectivity index (χ2n) is 3.34. The summed E-state index contributed by atoms with van der Waals surface area (Å²) in [6.45, 7) is 0.276. The minimum atomic E-state index is -0.733. The van der Waals surface area contributed by atoms with Crippen LogP contribution in [0.5, 0.6) is 0 Å². The highest BCUT2D eigenvalue weighted by Gasteiger charge is 2.11. The molecule has 0 spiro atoms. The van der Waals surface area contributed by atoms with Crippen LogP contribution >= 0.6 is 0 Å². The molecule has 0 radical (unpaired) electrons. The van der Waals surface area contributed by atoms with Gasteiger partial charge >= 0.3 is 5.76 Å². The van der Waals surface area contributed by atoms with Crippen LogP contribution in [-0.4, -0.2) is 22.3 Å². The Hall–Kier alpha value is -1.59. The standard InChI is InChI=1S/C10H12N2O3/c11-5-7(13)6-12-8-3-1-2-4-9(8)15-10(12)14/h1-4,7,13H,5-6,11H2. The number of aliphatic hydroxyl groups excluding tert-OH is 1. The monoisotopic (exact) mass is 208 g/mol. The number of hydrogen-bond donors (Lipinski definition) is 2. The molecule has 0 saturated heterocycles. The molecule has 0 bridgehead atoms. The minimum Gasteiger partial charge on any atom is -0.408 e. The van der Waals surface area contributed by atoms with E-state index in [-0.39, 0.29) is 13.1 Å². The van der Waals surface area contributed by atoms with E-state index in [1.165, 1.54) is 4.57 Å². The van der Waals surface area contributed by atoms with Crippen LogP contribution in [0.25, 0.3) is 11.1 Å². The molecule has 5 nitrogen and oxygen atoms in total. The van der Waals surface area contributed by atoms with Crippen LogP contribution in [0.15, 0.2) is 33.5 Å². The summed E-state index contributed by atoms with van der Waals surface area (Å²) >= 11 is 0. The highest BCUT2D eigenvalue weighted by molar-refractivity contribution is 5.72. The minimum absolute atomic E-state index is 0.117. The van der Waals surface area contributed by atoms with Crippen molar-refractivity contribution in [1.82, 2.24) is 4.57 Å². The van der Waals surface area contributed by atoms with Crippen LogP contribution in [-0.2, 0) is 6.54 Å². The Bertz CT molecular complexity index is 515. The van der Waals surface area contributed by atoms with Gasteiger partial charge in [-0.2, -0.15) is 0 Å². The van der Waals surface area contributed by atoms with Crippen LogP contribution < -0.4 is 11.5 Å². The van der Waals surface area contributed by atoms with E-state index in [1.807, 2.05) is 6.07 Å². The Morgan fingerprint density at radius 1 is 1.47 bits per heavy atom. The highest BCUT2D eigenvalue weighted by Crippen LogP contribution is 2.11. The number of fused-ring (bicyclic) bond motifs is 1.